The molecule has 4 heteroatoms. The Morgan fingerprint density at radius 2 is 1.53 bits per heavy atom. The summed E-state index contributed by atoms with van der Waals surface area (Å²) in [6.07, 6.45) is 13.1. The predicted octanol–water partition coefficient (Wildman–Crippen LogP) is 10.3. The predicted molar refractivity (Wildman–Crippen MR) is 141 cm³/mol. The molecular formula is C30H44F3N. The lowest BCUT2D eigenvalue weighted by molar-refractivity contribution is -0.0689. The van der Waals surface area contributed by atoms with Gasteiger partial charge in [0.2, 0.25) is 0 Å². The number of aryl methyl sites for hydroxylation is 3. The monoisotopic (exact) mass is 475 g/mol. The molecule has 190 valence electrons. The number of fused-ring (bicyclic) bond motifs is 1. The number of alkyl halides is 3. The summed E-state index contributed by atoms with van der Waals surface area (Å²) in [5, 5.41) is 0.764. The van der Waals surface area contributed by atoms with Gasteiger partial charge in [-0.2, -0.15) is 13.2 Å². The van der Waals surface area contributed by atoms with Crippen LogP contribution in [0.3, 0.4) is 0 Å². The van der Waals surface area contributed by atoms with Gasteiger partial charge in [-0.15, -0.1) is 0 Å². The molecule has 0 N–H and O–H groups in total. The molecule has 1 aromatic carbocycles. The number of hydrogen-bond donors (Lipinski definition) is 0. The van der Waals surface area contributed by atoms with Gasteiger partial charge in [-0.25, -0.2) is 0 Å². The Morgan fingerprint density at radius 1 is 0.912 bits per heavy atom. The van der Waals surface area contributed by atoms with Crippen molar-refractivity contribution in [1.29, 1.82) is 0 Å². The lowest BCUT2D eigenvalue weighted by Gasteiger charge is -2.19. The summed E-state index contributed by atoms with van der Waals surface area (Å²) in [5.74, 6) is 0. The number of nitrogens with zero attached hydrogens (tertiary/aromatic N) is 1. The van der Waals surface area contributed by atoms with Gasteiger partial charge in [0.1, 0.15) is 0 Å². The van der Waals surface area contributed by atoms with E-state index in [-0.39, 0.29) is 0 Å². The second-order valence-corrected chi connectivity index (χ2v) is 9.67. The zero-order valence-corrected chi connectivity index (χ0v) is 22.0. The van der Waals surface area contributed by atoms with Crippen molar-refractivity contribution in [2.45, 2.75) is 118 Å². The fourth-order valence-corrected chi connectivity index (χ4v) is 4.73. The Hall–Kier alpha value is -1.97. The molecule has 1 heterocycles. The molecule has 0 radical (unpaired) electrons. The molecule has 0 aliphatic heterocycles. The van der Waals surface area contributed by atoms with Crippen LogP contribution in [0.4, 0.5) is 13.2 Å². The summed E-state index contributed by atoms with van der Waals surface area (Å²) in [5.41, 5.74) is 3.14. The first-order valence-electron chi connectivity index (χ1n) is 13.3. The summed E-state index contributed by atoms with van der Waals surface area (Å²) in [4.78, 5) is 0. The minimum atomic E-state index is -4.41. The minimum absolute atomic E-state index is 0.381. The molecule has 1 nitrogen and oxygen atoms in total. The summed E-state index contributed by atoms with van der Waals surface area (Å²) < 4.78 is 45.3. The number of benzene rings is 1. The van der Waals surface area contributed by atoms with E-state index in [1.165, 1.54) is 51.0 Å². The number of unbranched alkanes of at least 4 members (excludes halogenated alkanes) is 8. The second-order valence-electron chi connectivity index (χ2n) is 9.67. The quantitative estimate of drug-likeness (QED) is 0.189. The molecule has 0 spiro atoms. The first kappa shape index (κ1) is 28.3. The van der Waals surface area contributed by atoms with Crippen LogP contribution in [0.2, 0.25) is 0 Å². The molecule has 2 rings (SSSR count). The van der Waals surface area contributed by atoms with E-state index in [2.05, 4.69) is 24.6 Å². The van der Waals surface area contributed by atoms with Crippen molar-refractivity contribution in [2.24, 2.45) is 0 Å². The number of aromatic nitrogens is 1. The van der Waals surface area contributed by atoms with Crippen molar-refractivity contribution in [1.82, 2.24) is 4.57 Å². The molecular weight excluding hydrogens is 431 g/mol. The SMILES string of the molecule is C/C=C(C)\C=C(/c1c(CCCC)ccc2c1c(C)cn2CCCCCCCCCC)C(F)(F)F. The van der Waals surface area contributed by atoms with Gasteiger partial charge in [-0.3, -0.25) is 0 Å². The van der Waals surface area contributed by atoms with E-state index in [0.29, 0.717) is 17.6 Å². The maximum absolute atomic E-state index is 14.4. The van der Waals surface area contributed by atoms with Gasteiger partial charge >= 0.3 is 6.18 Å². The van der Waals surface area contributed by atoms with E-state index >= 15 is 0 Å². The van der Waals surface area contributed by atoms with E-state index in [0.717, 1.165) is 47.8 Å². The molecule has 0 bridgehead atoms. The van der Waals surface area contributed by atoms with Crippen molar-refractivity contribution < 1.29 is 13.2 Å². The van der Waals surface area contributed by atoms with Gasteiger partial charge < -0.3 is 4.57 Å². The van der Waals surface area contributed by atoms with E-state index in [4.69, 9.17) is 0 Å². The highest BCUT2D eigenvalue weighted by molar-refractivity contribution is 5.98. The summed E-state index contributed by atoms with van der Waals surface area (Å²) in [6, 6.07) is 3.97. The summed E-state index contributed by atoms with van der Waals surface area (Å²) in [6.45, 7) is 10.6. The van der Waals surface area contributed by atoms with Crippen molar-refractivity contribution in [2.75, 3.05) is 0 Å². The zero-order valence-electron chi connectivity index (χ0n) is 22.0. The van der Waals surface area contributed by atoms with Gasteiger partial charge in [0.05, 0.1) is 5.57 Å². The van der Waals surface area contributed by atoms with Crippen molar-refractivity contribution >= 4 is 16.5 Å². The largest absolute Gasteiger partial charge is 0.417 e. The zero-order chi connectivity index (χ0) is 25.1. The molecule has 0 saturated carbocycles. The van der Waals surface area contributed by atoms with Gasteiger partial charge in [-0.05, 0) is 68.9 Å². The molecule has 0 atom stereocenters. The molecule has 2 aromatic rings. The number of rotatable bonds is 14. The molecule has 1 aromatic heterocycles. The standard InChI is InChI=1S/C30H44F3N/c1-6-9-11-12-13-14-15-16-20-34-22-24(5)28-27(34)19-18-25(17-10-7-2)29(28)26(30(31,32)33)21-23(4)8-3/h8,18-19,21-22H,6-7,9-17,20H2,1-5H3/b23-8-,26-21+. The lowest BCUT2D eigenvalue weighted by atomic mass is 9.90. The fourth-order valence-electron chi connectivity index (χ4n) is 4.73. The van der Waals surface area contributed by atoms with Crippen LogP contribution in [0.25, 0.3) is 16.5 Å². The van der Waals surface area contributed by atoms with Crippen LogP contribution < -0.4 is 0 Å². The van der Waals surface area contributed by atoms with Gasteiger partial charge in [0.15, 0.2) is 0 Å². The maximum atomic E-state index is 14.4. The molecule has 0 unspecified atom stereocenters. The first-order valence-corrected chi connectivity index (χ1v) is 13.3. The number of hydrogen-bond acceptors (Lipinski definition) is 0. The van der Waals surface area contributed by atoms with Crippen LogP contribution in [0.5, 0.6) is 0 Å². The van der Waals surface area contributed by atoms with Crippen LogP contribution in [-0.4, -0.2) is 10.7 Å². The third-order valence-electron chi connectivity index (χ3n) is 6.78. The Labute approximate surface area is 205 Å². The van der Waals surface area contributed by atoms with Crippen LogP contribution in [0.1, 0.15) is 109 Å². The lowest BCUT2D eigenvalue weighted by Crippen LogP contribution is -2.13. The molecule has 0 saturated heterocycles. The summed E-state index contributed by atoms with van der Waals surface area (Å²) >= 11 is 0. The third-order valence-corrected chi connectivity index (χ3v) is 6.78. The van der Waals surface area contributed by atoms with Gasteiger partial charge in [-0.1, -0.05) is 82.9 Å². The van der Waals surface area contributed by atoms with E-state index in [9.17, 15) is 13.2 Å². The van der Waals surface area contributed by atoms with Crippen molar-refractivity contribution in [3.8, 4) is 0 Å². The van der Waals surface area contributed by atoms with Crippen molar-refractivity contribution in [3.05, 3.63) is 52.7 Å². The topological polar surface area (TPSA) is 4.93 Å². The van der Waals surface area contributed by atoms with Crippen LogP contribution in [0, 0.1) is 6.92 Å². The smallest absolute Gasteiger partial charge is 0.347 e. The van der Waals surface area contributed by atoms with Crippen LogP contribution >= 0.6 is 0 Å². The molecule has 0 fully saturated rings. The van der Waals surface area contributed by atoms with Crippen LogP contribution in [-0.2, 0) is 13.0 Å². The highest BCUT2D eigenvalue weighted by Gasteiger charge is 2.37. The fraction of sp³-hybridized carbons (Fsp3) is 0.600. The molecule has 0 aliphatic rings. The molecule has 0 amide bonds. The number of halogens is 3. The number of allylic oxidation sites excluding steroid dienone is 4. The average molecular weight is 476 g/mol. The Morgan fingerprint density at radius 3 is 2.12 bits per heavy atom. The van der Waals surface area contributed by atoms with E-state index < -0.39 is 11.7 Å². The molecule has 0 aliphatic carbocycles. The normalized spacial score (nSPS) is 13.3. The summed E-state index contributed by atoms with van der Waals surface area (Å²) in [7, 11) is 0. The third kappa shape index (κ3) is 7.78. The van der Waals surface area contributed by atoms with Gasteiger partial charge in [0.25, 0.3) is 0 Å². The maximum Gasteiger partial charge on any atom is 0.417 e. The minimum Gasteiger partial charge on any atom is -0.347 e. The second kappa shape index (κ2) is 13.8. The Bertz CT molecular complexity index is 960. The van der Waals surface area contributed by atoms with Crippen LogP contribution in [0.15, 0.2) is 36.1 Å². The highest BCUT2D eigenvalue weighted by atomic mass is 19.4. The Balaban J connectivity index is 2.40. The average Bonchev–Trinajstić information content (AvgIpc) is 3.12. The first-order chi connectivity index (χ1) is 16.2. The highest BCUT2D eigenvalue weighted by Crippen LogP contribution is 2.42. The van der Waals surface area contributed by atoms with Gasteiger partial charge in [0, 0.05) is 23.6 Å². The van der Waals surface area contributed by atoms with E-state index in [1.807, 2.05) is 19.1 Å². The molecule has 34 heavy (non-hydrogen) atoms. The Kier molecular flexibility index (Phi) is 11.5. The van der Waals surface area contributed by atoms with E-state index in [1.54, 1.807) is 19.9 Å². The van der Waals surface area contributed by atoms with Crippen molar-refractivity contribution in [3.63, 3.8) is 0 Å².